The summed E-state index contributed by atoms with van der Waals surface area (Å²) in [6.07, 6.45) is 6.65. The third-order valence-corrected chi connectivity index (χ3v) is 6.39. The number of fused-ring (bicyclic) bond motifs is 5. The lowest BCUT2D eigenvalue weighted by Crippen LogP contribution is -2.46. The van der Waals surface area contributed by atoms with Gasteiger partial charge in [-0.05, 0) is 43.6 Å². The quantitative estimate of drug-likeness (QED) is 0.599. The number of rotatable bonds is 4. The number of pyridine rings is 1. The molecule has 156 valence electrons. The first-order valence-corrected chi connectivity index (χ1v) is 10.0. The lowest BCUT2D eigenvalue weighted by atomic mass is 9.71. The second kappa shape index (κ2) is 7.26. The first-order chi connectivity index (χ1) is 14.5. The number of H-pyrrole nitrogens is 1. The van der Waals surface area contributed by atoms with Crippen LogP contribution in [0.5, 0.6) is 0 Å². The van der Waals surface area contributed by atoms with Gasteiger partial charge in [0.25, 0.3) is 0 Å². The Bertz CT molecular complexity index is 1120. The fraction of sp³-hybridized carbons (Fsp3) is 0.450. The number of carboxylic acids is 1. The van der Waals surface area contributed by atoms with Crippen LogP contribution in [-0.2, 0) is 4.79 Å². The molecule has 6 rings (SSSR count). The van der Waals surface area contributed by atoms with E-state index in [0.717, 1.165) is 44.5 Å². The highest BCUT2D eigenvalue weighted by Gasteiger charge is 2.45. The van der Waals surface area contributed by atoms with Crippen LogP contribution in [0.1, 0.15) is 32.1 Å². The zero-order valence-corrected chi connectivity index (χ0v) is 16.0. The number of nitrogens with zero attached hydrogens (tertiary/aromatic N) is 4. The van der Waals surface area contributed by atoms with E-state index in [4.69, 9.17) is 0 Å². The van der Waals surface area contributed by atoms with Crippen molar-refractivity contribution in [3.05, 3.63) is 30.1 Å². The van der Waals surface area contributed by atoms with Crippen molar-refractivity contribution in [3.63, 3.8) is 0 Å². The number of aliphatic carboxylic acids is 1. The molecule has 30 heavy (non-hydrogen) atoms. The molecule has 0 aliphatic heterocycles. The molecule has 3 aliphatic rings. The van der Waals surface area contributed by atoms with Crippen LogP contribution < -0.4 is 5.32 Å². The number of nitrogens with one attached hydrogen (secondary N) is 2. The molecule has 3 saturated carbocycles. The molecule has 3 aromatic rings. The summed E-state index contributed by atoms with van der Waals surface area (Å²) in [4.78, 5) is 24.2. The molecule has 3 heterocycles. The van der Waals surface area contributed by atoms with Gasteiger partial charge < -0.3 is 10.4 Å². The summed E-state index contributed by atoms with van der Waals surface area (Å²) in [6.45, 7) is 0. The normalized spacial score (nSPS) is 25.9. The first-order valence-electron chi connectivity index (χ1n) is 10.0. The van der Waals surface area contributed by atoms with Gasteiger partial charge in [-0.15, -0.1) is 0 Å². The monoisotopic (exact) mass is 414 g/mol. The molecule has 4 atom stereocenters. The Morgan fingerprint density at radius 1 is 1.13 bits per heavy atom. The zero-order valence-electron chi connectivity index (χ0n) is 16.0. The van der Waals surface area contributed by atoms with Crippen LogP contribution in [0.15, 0.2) is 18.5 Å². The predicted octanol–water partition coefficient (Wildman–Crippen LogP) is 3.38. The van der Waals surface area contributed by atoms with Gasteiger partial charge in [0.1, 0.15) is 11.5 Å². The average molecular weight is 414 g/mol. The maximum Gasteiger partial charge on any atom is 0.308 e. The zero-order chi connectivity index (χ0) is 20.8. The van der Waals surface area contributed by atoms with Crippen molar-refractivity contribution >= 4 is 22.8 Å². The van der Waals surface area contributed by atoms with Gasteiger partial charge in [-0.25, -0.2) is 23.7 Å². The lowest BCUT2D eigenvalue weighted by molar-refractivity contribution is -0.145. The van der Waals surface area contributed by atoms with E-state index >= 15 is 0 Å². The Labute approximate surface area is 170 Å². The van der Waals surface area contributed by atoms with E-state index in [1.54, 1.807) is 0 Å². The highest BCUT2D eigenvalue weighted by Crippen LogP contribution is 2.44. The summed E-state index contributed by atoms with van der Waals surface area (Å²) in [7, 11) is 0. The molecule has 3 unspecified atom stereocenters. The third-order valence-electron chi connectivity index (χ3n) is 6.39. The minimum Gasteiger partial charge on any atom is -0.481 e. The van der Waals surface area contributed by atoms with Crippen molar-refractivity contribution in [2.45, 2.75) is 38.1 Å². The number of carbonyl (C=O) groups is 1. The molecule has 0 radical (unpaired) electrons. The molecule has 0 spiro atoms. The lowest BCUT2D eigenvalue weighted by Gasteiger charge is -2.38. The molecule has 0 saturated heterocycles. The fourth-order valence-electron chi connectivity index (χ4n) is 5.02. The number of halogens is 2. The molecule has 3 aromatic heterocycles. The van der Waals surface area contributed by atoms with Crippen LogP contribution >= 0.6 is 0 Å². The molecule has 3 N–H and O–H groups in total. The summed E-state index contributed by atoms with van der Waals surface area (Å²) in [5.41, 5.74) is 0.609. The summed E-state index contributed by atoms with van der Waals surface area (Å²) in [5.74, 6) is -2.37. The van der Waals surface area contributed by atoms with Gasteiger partial charge in [0, 0.05) is 6.04 Å². The van der Waals surface area contributed by atoms with Crippen LogP contribution in [0.25, 0.3) is 22.6 Å². The Balaban J connectivity index is 1.52. The van der Waals surface area contributed by atoms with E-state index in [1.165, 1.54) is 6.07 Å². The van der Waals surface area contributed by atoms with Gasteiger partial charge in [-0.3, -0.25) is 9.89 Å². The van der Waals surface area contributed by atoms with Crippen LogP contribution in [0.3, 0.4) is 0 Å². The number of carboxylic acid groups (broad SMARTS) is 1. The number of anilines is 1. The summed E-state index contributed by atoms with van der Waals surface area (Å²) in [5, 5.41) is 20.0. The molecule has 3 aliphatic carbocycles. The van der Waals surface area contributed by atoms with Crippen LogP contribution in [-0.4, -0.2) is 42.3 Å². The summed E-state index contributed by atoms with van der Waals surface area (Å²) in [6, 6.07) is 0.852. The van der Waals surface area contributed by atoms with Crippen molar-refractivity contribution in [3.8, 4) is 11.5 Å². The maximum absolute atomic E-state index is 14.6. The Kier molecular flexibility index (Phi) is 4.56. The van der Waals surface area contributed by atoms with Gasteiger partial charge in [-0.2, -0.15) is 5.10 Å². The molecule has 0 aromatic carbocycles. The largest absolute Gasteiger partial charge is 0.481 e. The molecule has 0 amide bonds. The van der Waals surface area contributed by atoms with Crippen LogP contribution in [0.4, 0.5) is 14.6 Å². The fourth-order valence-corrected chi connectivity index (χ4v) is 5.02. The number of hydrogen-bond donors (Lipinski definition) is 3. The van der Waals surface area contributed by atoms with Crippen molar-refractivity contribution in [2.24, 2.45) is 17.8 Å². The van der Waals surface area contributed by atoms with E-state index in [1.807, 2.05) is 0 Å². The van der Waals surface area contributed by atoms with Crippen LogP contribution in [0, 0.1) is 29.4 Å². The summed E-state index contributed by atoms with van der Waals surface area (Å²) < 4.78 is 28.2. The molecular formula is C20H20F2N6O2. The van der Waals surface area contributed by atoms with Gasteiger partial charge in [0.05, 0.1) is 23.7 Å². The van der Waals surface area contributed by atoms with Crippen LogP contribution in [0.2, 0.25) is 0 Å². The van der Waals surface area contributed by atoms with Gasteiger partial charge in [0.15, 0.2) is 23.1 Å². The molecule has 2 bridgehead atoms. The Morgan fingerprint density at radius 2 is 1.93 bits per heavy atom. The number of hydrogen-bond acceptors (Lipinski definition) is 6. The number of aromatic amines is 1. The standard InChI is InChI=1S/C20H20F2N6O2/c21-11-6-12-16(27-28-17(12)23-7-11)19-24-8-13(22)18(26-19)25-15-10-3-1-2-9(4-5-10)14(15)20(29)30/h6-10,14-15H,1-5H2,(H,29,30)(H,23,27,28)(H,24,25,26)/t9?,10?,14-,15?/m1/s1. The van der Waals surface area contributed by atoms with E-state index in [0.29, 0.717) is 16.7 Å². The molecular weight excluding hydrogens is 394 g/mol. The third kappa shape index (κ3) is 3.16. The van der Waals surface area contributed by atoms with Gasteiger partial charge in [-0.1, -0.05) is 6.42 Å². The van der Waals surface area contributed by atoms with E-state index in [2.05, 4.69) is 30.5 Å². The van der Waals surface area contributed by atoms with Gasteiger partial charge in [0.2, 0.25) is 0 Å². The van der Waals surface area contributed by atoms with Crippen molar-refractivity contribution in [2.75, 3.05) is 5.32 Å². The maximum atomic E-state index is 14.6. The molecule has 3 fully saturated rings. The van der Waals surface area contributed by atoms with E-state index in [9.17, 15) is 18.7 Å². The first kappa shape index (κ1) is 18.8. The van der Waals surface area contributed by atoms with Crippen molar-refractivity contribution in [1.82, 2.24) is 25.1 Å². The van der Waals surface area contributed by atoms with Gasteiger partial charge >= 0.3 is 5.97 Å². The average Bonchev–Trinajstić information content (AvgIpc) is 2.89. The predicted molar refractivity (Wildman–Crippen MR) is 103 cm³/mol. The Morgan fingerprint density at radius 3 is 2.77 bits per heavy atom. The Hall–Kier alpha value is -3.17. The molecule has 8 nitrogen and oxygen atoms in total. The SMILES string of the molecule is O=C(O)[C@@H]1C2CCCC(CC2)C1Nc1nc(-c2[nH]nc3ncc(F)cc23)ncc1F. The smallest absolute Gasteiger partial charge is 0.308 e. The highest BCUT2D eigenvalue weighted by atomic mass is 19.1. The minimum atomic E-state index is -0.861. The second-order valence-electron chi connectivity index (χ2n) is 8.08. The minimum absolute atomic E-state index is 0.0593. The highest BCUT2D eigenvalue weighted by molar-refractivity contribution is 5.88. The summed E-state index contributed by atoms with van der Waals surface area (Å²) >= 11 is 0. The topological polar surface area (TPSA) is 117 Å². The van der Waals surface area contributed by atoms with E-state index in [-0.39, 0.29) is 23.5 Å². The molecule has 10 heteroatoms. The van der Waals surface area contributed by atoms with Crippen molar-refractivity contribution < 1.29 is 18.7 Å². The number of aromatic nitrogens is 5. The van der Waals surface area contributed by atoms with Crippen molar-refractivity contribution in [1.29, 1.82) is 0 Å². The van der Waals surface area contributed by atoms with E-state index < -0.39 is 29.6 Å². The second-order valence-corrected chi connectivity index (χ2v) is 8.08.